The minimum atomic E-state index is 0.515. The summed E-state index contributed by atoms with van der Waals surface area (Å²) in [5.74, 6) is 0. The van der Waals surface area contributed by atoms with Crippen LogP contribution in [0.25, 0.3) is 10.9 Å². The number of fused-ring (bicyclic) bond motifs is 1. The van der Waals surface area contributed by atoms with Crippen LogP contribution in [0, 0.1) is 6.92 Å². The fraction of sp³-hybridized carbons (Fsp3) is 0.267. The van der Waals surface area contributed by atoms with Gasteiger partial charge in [0.1, 0.15) is 0 Å². The SMILES string of the molecule is CNCc1cn(Cc2nc3ccccc3c(C)c2Cl)nn1. The van der Waals surface area contributed by atoms with E-state index in [4.69, 9.17) is 11.6 Å². The molecule has 5 nitrogen and oxygen atoms in total. The maximum Gasteiger partial charge on any atom is 0.0964 e. The van der Waals surface area contributed by atoms with Crippen LogP contribution in [0.15, 0.2) is 30.5 Å². The number of benzene rings is 1. The van der Waals surface area contributed by atoms with E-state index in [0.29, 0.717) is 18.1 Å². The minimum Gasteiger partial charge on any atom is -0.314 e. The first-order chi connectivity index (χ1) is 10.2. The summed E-state index contributed by atoms with van der Waals surface area (Å²) in [5, 5.41) is 13.0. The van der Waals surface area contributed by atoms with Crippen LogP contribution in [0.2, 0.25) is 5.02 Å². The molecule has 0 saturated carbocycles. The molecule has 0 fully saturated rings. The van der Waals surface area contributed by atoms with E-state index in [1.165, 1.54) is 0 Å². The minimum absolute atomic E-state index is 0.515. The van der Waals surface area contributed by atoms with E-state index in [9.17, 15) is 0 Å². The van der Waals surface area contributed by atoms with E-state index < -0.39 is 0 Å². The topological polar surface area (TPSA) is 55.6 Å². The monoisotopic (exact) mass is 301 g/mol. The number of hydrogen-bond donors (Lipinski definition) is 1. The maximum atomic E-state index is 6.45. The van der Waals surface area contributed by atoms with E-state index in [1.54, 1.807) is 4.68 Å². The second-order valence-electron chi connectivity index (χ2n) is 4.95. The van der Waals surface area contributed by atoms with E-state index in [1.807, 2.05) is 44.4 Å². The summed E-state index contributed by atoms with van der Waals surface area (Å²) >= 11 is 6.45. The fourth-order valence-corrected chi connectivity index (χ4v) is 2.56. The van der Waals surface area contributed by atoms with E-state index >= 15 is 0 Å². The molecule has 0 aliphatic rings. The molecule has 0 saturated heterocycles. The lowest BCUT2D eigenvalue weighted by molar-refractivity contribution is 0.639. The largest absolute Gasteiger partial charge is 0.314 e. The lowest BCUT2D eigenvalue weighted by Gasteiger charge is -2.09. The molecule has 0 unspecified atom stereocenters. The Morgan fingerprint density at radius 1 is 1.29 bits per heavy atom. The van der Waals surface area contributed by atoms with Crippen LogP contribution in [0.1, 0.15) is 17.0 Å². The van der Waals surface area contributed by atoms with Crippen LogP contribution in [0.4, 0.5) is 0 Å². The van der Waals surface area contributed by atoms with Gasteiger partial charge in [0, 0.05) is 11.9 Å². The number of aromatic nitrogens is 4. The number of halogens is 1. The average molecular weight is 302 g/mol. The van der Waals surface area contributed by atoms with Gasteiger partial charge in [0.05, 0.1) is 34.7 Å². The van der Waals surface area contributed by atoms with E-state index in [0.717, 1.165) is 27.9 Å². The molecule has 108 valence electrons. The molecule has 0 amide bonds. The Balaban J connectivity index is 1.97. The van der Waals surface area contributed by atoms with Gasteiger partial charge in [0.15, 0.2) is 0 Å². The molecule has 6 heteroatoms. The molecule has 0 aliphatic heterocycles. The van der Waals surface area contributed by atoms with Crippen molar-refractivity contribution in [2.45, 2.75) is 20.0 Å². The Hall–Kier alpha value is -1.98. The van der Waals surface area contributed by atoms with Gasteiger partial charge in [-0.1, -0.05) is 35.0 Å². The van der Waals surface area contributed by atoms with Crippen molar-refractivity contribution in [2.24, 2.45) is 0 Å². The summed E-state index contributed by atoms with van der Waals surface area (Å²) in [6, 6.07) is 8.01. The predicted molar refractivity (Wildman–Crippen MR) is 83.4 cm³/mol. The summed E-state index contributed by atoms with van der Waals surface area (Å²) in [7, 11) is 1.88. The summed E-state index contributed by atoms with van der Waals surface area (Å²) in [5.41, 5.74) is 3.71. The molecule has 0 aliphatic carbocycles. The predicted octanol–water partition coefficient (Wildman–Crippen LogP) is 2.56. The third-order valence-corrected chi connectivity index (χ3v) is 3.90. The molecule has 1 N–H and O–H groups in total. The summed E-state index contributed by atoms with van der Waals surface area (Å²) in [4.78, 5) is 4.65. The Morgan fingerprint density at radius 3 is 2.90 bits per heavy atom. The lowest BCUT2D eigenvalue weighted by atomic mass is 10.1. The zero-order valence-electron chi connectivity index (χ0n) is 12.0. The van der Waals surface area contributed by atoms with E-state index in [2.05, 4.69) is 20.6 Å². The van der Waals surface area contributed by atoms with Gasteiger partial charge in [-0.2, -0.15) is 0 Å². The molecule has 0 atom stereocenters. The molecule has 21 heavy (non-hydrogen) atoms. The van der Waals surface area contributed by atoms with Crippen molar-refractivity contribution >= 4 is 22.5 Å². The Bertz CT molecular complexity index is 781. The van der Waals surface area contributed by atoms with Crippen molar-refractivity contribution in [1.29, 1.82) is 0 Å². The number of pyridine rings is 1. The Labute approximate surface area is 127 Å². The van der Waals surface area contributed by atoms with Crippen LogP contribution in [0.3, 0.4) is 0 Å². The van der Waals surface area contributed by atoms with Gasteiger partial charge in [-0.05, 0) is 25.6 Å². The molecule has 3 rings (SSSR count). The van der Waals surface area contributed by atoms with Crippen LogP contribution < -0.4 is 5.32 Å². The summed E-state index contributed by atoms with van der Waals surface area (Å²) < 4.78 is 1.76. The molecular weight excluding hydrogens is 286 g/mol. The number of aryl methyl sites for hydroxylation is 1. The number of para-hydroxylation sites is 1. The van der Waals surface area contributed by atoms with Crippen molar-refractivity contribution in [3.8, 4) is 0 Å². The first-order valence-electron chi connectivity index (χ1n) is 6.76. The standard InChI is InChI=1S/C15H16ClN5/c1-10-12-5-3-4-6-13(12)18-14(15(10)16)9-21-8-11(7-17-2)19-20-21/h3-6,8,17H,7,9H2,1-2H3. The Kier molecular flexibility index (Phi) is 3.86. The maximum absolute atomic E-state index is 6.45. The third kappa shape index (κ3) is 2.75. The number of rotatable bonds is 4. The highest BCUT2D eigenvalue weighted by atomic mass is 35.5. The van der Waals surface area contributed by atoms with E-state index in [-0.39, 0.29) is 0 Å². The smallest absolute Gasteiger partial charge is 0.0964 e. The zero-order chi connectivity index (χ0) is 14.8. The first kappa shape index (κ1) is 14.0. The van der Waals surface area contributed by atoms with Crippen molar-refractivity contribution < 1.29 is 0 Å². The lowest BCUT2D eigenvalue weighted by Crippen LogP contribution is -2.06. The van der Waals surface area contributed by atoms with Gasteiger partial charge in [-0.15, -0.1) is 5.10 Å². The highest BCUT2D eigenvalue weighted by Crippen LogP contribution is 2.27. The molecule has 2 heterocycles. The summed E-state index contributed by atoms with van der Waals surface area (Å²) in [6.07, 6.45) is 1.90. The molecule has 0 bridgehead atoms. The number of nitrogens with zero attached hydrogens (tertiary/aromatic N) is 4. The number of hydrogen-bond acceptors (Lipinski definition) is 4. The van der Waals surface area contributed by atoms with Crippen LogP contribution >= 0.6 is 11.6 Å². The highest BCUT2D eigenvalue weighted by molar-refractivity contribution is 6.32. The normalized spacial score (nSPS) is 11.2. The van der Waals surface area contributed by atoms with Crippen LogP contribution in [-0.2, 0) is 13.1 Å². The molecule has 0 spiro atoms. The zero-order valence-corrected chi connectivity index (χ0v) is 12.7. The molecular formula is C15H16ClN5. The second kappa shape index (κ2) is 5.79. The van der Waals surface area contributed by atoms with Gasteiger partial charge >= 0.3 is 0 Å². The van der Waals surface area contributed by atoms with Gasteiger partial charge in [-0.25, -0.2) is 9.67 Å². The number of nitrogens with one attached hydrogen (secondary N) is 1. The molecule has 0 radical (unpaired) electrons. The van der Waals surface area contributed by atoms with Crippen LogP contribution in [0.5, 0.6) is 0 Å². The van der Waals surface area contributed by atoms with Gasteiger partial charge in [-0.3, -0.25) is 0 Å². The van der Waals surface area contributed by atoms with Crippen molar-refractivity contribution in [3.05, 3.63) is 52.4 Å². The van der Waals surface area contributed by atoms with Crippen molar-refractivity contribution in [1.82, 2.24) is 25.3 Å². The van der Waals surface area contributed by atoms with Crippen LogP contribution in [-0.4, -0.2) is 27.0 Å². The average Bonchev–Trinajstić information content (AvgIpc) is 2.92. The molecule has 1 aromatic carbocycles. The fourth-order valence-electron chi connectivity index (χ4n) is 2.35. The Morgan fingerprint density at radius 2 is 2.10 bits per heavy atom. The van der Waals surface area contributed by atoms with Crippen molar-refractivity contribution in [2.75, 3.05) is 7.05 Å². The molecule has 3 aromatic rings. The highest BCUT2D eigenvalue weighted by Gasteiger charge is 2.11. The summed E-state index contributed by atoms with van der Waals surface area (Å²) in [6.45, 7) is 3.22. The van der Waals surface area contributed by atoms with Gasteiger partial charge in [0.2, 0.25) is 0 Å². The van der Waals surface area contributed by atoms with Crippen molar-refractivity contribution in [3.63, 3.8) is 0 Å². The first-order valence-corrected chi connectivity index (χ1v) is 7.14. The third-order valence-electron chi connectivity index (χ3n) is 3.40. The molecule has 2 aromatic heterocycles. The quantitative estimate of drug-likeness (QED) is 0.804. The second-order valence-corrected chi connectivity index (χ2v) is 5.33. The van der Waals surface area contributed by atoms with Gasteiger partial charge in [0.25, 0.3) is 0 Å². The van der Waals surface area contributed by atoms with Gasteiger partial charge < -0.3 is 5.32 Å².